The molecule has 3 heterocycles. The molecule has 0 N–H and O–H groups in total. The maximum Gasteiger partial charge on any atom is 0.254 e. The molecule has 1 fully saturated rings. The van der Waals surface area contributed by atoms with E-state index >= 15 is 0 Å². The lowest BCUT2D eigenvalue weighted by atomic mass is 10.1. The summed E-state index contributed by atoms with van der Waals surface area (Å²) < 4.78 is 12.8. The molecular formula is C29H33N5O3. The lowest BCUT2D eigenvalue weighted by molar-refractivity contribution is 0.0629. The summed E-state index contributed by atoms with van der Waals surface area (Å²) in [7, 11) is 3.35. The van der Waals surface area contributed by atoms with Crippen LogP contribution in [-0.2, 0) is 6.54 Å². The van der Waals surface area contributed by atoms with Crippen LogP contribution in [0, 0.1) is 0 Å². The van der Waals surface area contributed by atoms with Crippen LogP contribution >= 0.6 is 0 Å². The van der Waals surface area contributed by atoms with Crippen molar-refractivity contribution in [2.24, 2.45) is 0 Å². The van der Waals surface area contributed by atoms with E-state index in [1.54, 1.807) is 20.4 Å². The molecule has 4 aromatic rings. The highest BCUT2D eigenvalue weighted by atomic mass is 16.5. The van der Waals surface area contributed by atoms with Crippen molar-refractivity contribution >= 4 is 16.9 Å². The van der Waals surface area contributed by atoms with E-state index in [0.29, 0.717) is 18.7 Å². The second kappa shape index (κ2) is 10.6. The first-order chi connectivity index (χ1) is 18.0. The Kier molecular flexibility index (Phi) is 7.10. The smallest absolute Gasteiger partial charge is 0.254 e. The molecule has 192 valence electrons. The van der Waals surface area contributed by atoms with E-state index in [1.807, 2.05) is 64.2 Å². The van der Waals surface area contributed by atoms with E-state index in [2.05, 4.69) is 23.8 Å². The number of aromatic nitrogens is 3. The molecule has 1 saturated heterocycles. The van der Waals surface area contributed by atoms with E-state index in [4.69, 9.17) is 14.5 Å². The molecule has 8 heteroatoms. The summed E-state index contributed by atoms with van der Waals surface area (Å²) in [4.78, 5) is 23.0. The zero-order valence-electron chi connectivity index (χ0n) is 21.8. The van der Waals surface area contributed by atoms with Gasteiger partial charge in [0, 0.05) is 49.9 Å². The number of carbonyl (C=O) groups is 1. The minimum Gasteiger partial charge on any atom is -0.497 e. The number of ether oxygens (including phenoxy) is 2. The number of piperazine rings is 1. The molecule has 1 amide bonds. The number of carbonyl (C=O) groups excluding carboxylic acids is 1. The van der Waals surface area contributed by atoms with Crippen molar-refractivity contribution in [2.45, 2.75) is 26.4 Å². The van der Waals surface area contributed by atoms with Crippen LogP contribution in [0.4, 0.5) is 0 Å². The van der Waals surface area contributed by atoms with E-state index in [9.17, 15) is 4.79 Å². The van der Waals surface area contributed by atoms with Crippen LogP contribution in [0.1, 0.15) is 35.8 Å². The highest BCUT2D eigenvalue weighted by Crippen LogP contribution is 2.29. The second-order valence-electron chi connectivity index (χ2n) is 9.59. The van der Waals surface area contributed by atoms with E-state index in [1.165, 1.54) is 0 Å². The number of pyridine rings is 1. The standard InChI is InChI=1S/C29H33N5O3/c1-20(2)34-28-25(18-30-34)24(17-26(31-28)21-8-6-5-7-9-21)29(35)33-14-12-32(13-15-33)19-22-16-23(36-3)10-11-27(22)37-4/h5-11,16-18,20H,12-15,19H2,1-4H3. The molecule has 5 rings (SSSR count). The van der Waals surface area contributed by atoms with Crippen molar-refractivity contribution in [1.82, 2.24) is 24.6 Å². The van der Waals surface area contributed by atoms with E-state index in [-0.39, 0.29) is 11.9 Å². The van der Waals surface area contributed by atoms with Crippen LogP contribution in [0.25, 0.3) is 22.3 Å². The number of benzene rings is 2. The molecule has 0 atom stereocenters. The number of amides is 1. The molecule has 8 nitrogen and oxygen atoms in total. The monoisotopic (exact) mass is 499 g/mol. The Balaban J connectivity index is 1.38. The van der Waals surface area contributed by atoms with E-state index in [0.717, 1.165) is 59.0 Å². The van der Waals surface area contributed by atoms with Gasteiger partial charge in [0.15, 0.2) is 5.65 Å². The topological polar surface area (TPSA) is 72.7 Å². The van der Waals surface area contributed by atoms with Crippen LogP contribution in [-0.4, -0.2) is 70.9 Å². The third-order valence-electron chi connectivity index (χ3n) is 6.90. The zero-order valence-corrected chi connectivity index (χ0v) is 21.8. The van der Waals surface area contributed by atoms with Crippen LogP contribution in [0.15, 0.2) is 60.8 Å². The van der Waals surface area contributed by atoms with Gasteiger partial charge in [-0.3, -0.25) is 9.69 Å². The van der Waals surface area contributed by atoms with Gasteiger partial charge in [0.2, 0.25) is 0 Å². The van der Waals surface area contributed by atoms with Crippen molar-refractivity contribution < 1.29 is 14.3 Å². The third kappa shape index (κ3) is 5.02. The molecule has 0 bridgehead atoms. The number of rotatable bonds is 7. The van der Waals surface area contributed by atoms with Crippen molar-refractivity contribution in [3.63, 3.8) is 0 Å². The Hall–Kier alpha value is -3.91. The fourth-order valence-electron chi connectivity index (χ4n) is 4.86. The molecule has 0 unspecified atom stereocenters. The maximum absolute atomic E-state index is 13.8. The average molecular weight is 500 g/mol. The molecule has 37 heavy (non-hydrogen) atoms. The summed E-state index contributed by atoms with van der Waals surface area (Å²) in [6, 6.07) is 17.9. The highest BCUT2D eigenvalue weighted by Gasteiger charge is 2.26. The minimum atomic E-state index is 0.0199. The van der Waals surface area contributed by atoms with Crippen LogP contribution < -0.4 is 9.47 Å². The number of fused-ring (bicyclic) bond motifs is 1. The van der Waals surface area contributed by atoms with Gasteiger partial charge in [0.1, 0.15) is 11.5 Å². The number of nitrogens with zero attached hydrogens (tertiary/aromatic N) is 5. The summed E-state index contributed by atoms with van der Waals surface area (Å²) in [5.41, 5.74) is 4.22. The Bertz CT molecular complexity index is 1390. The summed E-state index contributed by atoms with van der Waals surface area (Å²) in [5, 5.41) is 5.35. The van der Waals surface area contributed by atoms with Gasteiger partial charge < -0.3 is 14.4 Å². The second-order valence-corrected chi connectivity index (χ2v) is 9.59. The van der Waals surface area contributed by atoms with Gasteiger partial charge in [-0.05, 0) is 38.1 Å². The van der Waals surface area contributed by atoms with Crippen LogP contribution in [0.2, 0.25) is 0 Å². The summed E-state index contributed by atoms with van der Waals surface area (Å²) in [6.07, 6.45) is 1.77. The Morgan fingerprint density at radius 2 is 1.73 bits per heavy atom. The average Bonchev–Trinajstić information content (AvgIpc) is 3.37. The molecule has 1 aliphatic rings. The predicted molar refractivity (Wildman–Crippen MR) is 144 cm³/mol. The van der Waals surface area contributed by atoms with Crippen molar-refractivity contribution in [2.75, 3.05) is 40.4 Å². The Morgan fingerprint density at radius 3 is 2.41 bits per heavy atom. The van der Waals surface area contributed by atoms with Gasteiger partial charge in [-0.2, -0.15) is 5.10 Å². The van der Waals surface area contributed by atoms with Crippen molar-refractivity contribution in [3.8, 4) is 22.8 Å². The predicted octanol–water partition coefficient (Wildman–Crippen LogP) is 4.65. The Labute approximate surface area is 217 Å². The first-order valence-electron chi connectivity index (χ1n) is 12.6. The van der Waals surface area contributed by atoms with Crippen molar-refractivity contribution in [3.05, 3.63) is 71.9 Å². The molecule has 0 aliphatic carbocycles. The molecule has 0 radical (unpaired) electrons. The first-order valence-corrected chi connectivity index (χ1v) is 12.6. The lowest BCUT2D eigenvalue weighted by Gasteiger charge is -2.35. The Morgan fingerprint density at radius 1 is 0.973 bits per heavy atom. The van der Waals surface area contributed by atoms with Crippen LogP contribution in [0.3, 0.4) is 0 Å². The maximum atomic E-state index is 13.8. The van der Waals surface area contributed by atoms with Gasteiger partial charge in [0.05, 0.1) is 37.1 Å². The summed E-state index contributed by atoms with van der Waals surface area (Å²) in [6.45, 7) is 7.72. The van der Waals surface area contributed by atoms with Gasteiger partial charge in [-0.15, -0.1) is 0 Å². The minimum absolute atomic E-state index is 0.0199. The lowest BCUT2D eigenvalue weighted by Crippen LogP contribution is -2.48. The van der Waals surface area contributed by atoms with Gasteiger partial charge >= 0.3 is 0 Å². The van der Waals surface area contributed by atoms with Crippen LogP contribution in [0.5, 0.6) is 11.5 Å². The van der Waals surface area contributed by atoms with Gasteiger partial charge in [-0.1, -0.05) is 30.3 Å². The molecule has 1 aliphatic heterocycles. The van der Waals surface area contributed by atoms with Gasteiger partial charge in [-0.25, -0.2) is 9.67 Å². The molecule has 0 saturated carbocycles. The fourth-order valence-corrected chi connectivity index (χ4v) is 4.86. The largest absolute Gasteiger partial charge is 0.497 e. The molecule has 2 aromatic carbocycles. The molecule has 2 aromatic heterocycles. The summed E-state index contributed by atoms with van der Waals surface area (Å²) >= 11 is 0. The number of hydrogen-bond acceptors (Lipinski definition) is 6. The molecule has 0 spiro atoms. The highest BCUT2D eigenvalue weighted by molar-refractivity contribution is 6.06. The number of methoxy groups -OCH3 is 2. The van der Waals surface area contributed by atoms with E-state index < -0.39 is 0 Å². The van der Waals surface area contributed by atoms with Crippen molar-refractivity contribution in [1.29, 1.82) is 0 Å². The molecular weight excluding hydrogens is 466 g/mol. The quantitative estimate of drug-likeness (QED) is 0.369. The normalized spacial score (nSPS) is 14.4. The number of hydrogen-bond donors (Lipinski definition) is 0. The zero-order chi connectivity index (χ0) is 25.9. The summed E-state index contributed by atoms with van der Waals surface area (Å²) in [5.74, 6) is 1.67. The third-order valence-corrected chi connectivity index (χ3v) is 6.90. The fraction of sp³-hybridized carbons (Fsp3) is 0.345. The van der Waals surface area contributed by atoms with Gasteiger partial charge in [0.25, 0.3) is 5.91 Å². The SMILES string of the molecule is COc1ccc(OC)c(CN2CCN(C(=O)c3cc(-c4ccccc4)nc4c3cnn4C(C)C)CC2)c1. The first kappa shape index (κ1) is 24.8.